The molecule has 1 fully saturated rings. The third-order valence-electron chi connectivity index (χ3n) is 2.50. The van der Waals surface area contributed by atoms with Crippen LogP contribution in [0, 0.1) is 0 Å². The lowest BCUT2D eigenvalue weighted by molar-refractivity contribution is -0.127. The predicted octanol–water partition coefficient (Wildman–Crippen LogP) is 0.258. The molecule has 0 aromatic heterocycles. The molecule has 1 heterocycles. The van der Waals surface area contributed by atoms with Crippen LogP contribution in [0.1, 0.15) is 13.8 Å². The van der Waals surface area contributed by atoms with Crippen molar-refractivity contribution in [2.24, 2.45) is 0 Å². The average molecular weight is 258 g/mol. The molecule has 1 rings (SSSR count). The van der Waals surface area contributed by atoms with Crippen LogP contribution in [-0.2, 0) is 4.79 Å². The molecule has 0 aromatic carbocycles. The highest BCUT2D eigenvalue weighted by atomic mass is 35.5. The van der Waals surface area contributed by atoms with E-state index in [9.17, 15) is 4.79 Å². The van der Waals surface area contributed by atoms with Gasteiger partial charge >= 0.3 is 0 Å². The van der Waals surface area contributed by atoms with Crippen molar-refractivity contribution in [3.05, 3.63) is 0 Å². The summed E-state index contributed by atoms with van der Waals surface area (Å²) in [6.07, 6.45) is 0. The van der Waals surface area contributed by atoms with Gasteiger partial charge in [-0.1, -0.05) is 0 Å². The predicted molar refractivity (Wildman–Crippen MR) is 67.1 cm³/mol. The Morgan fingerprint density at radius 1 is 1.47 bits per heavy atom. The number of halogens is 2. The van der Waals surface area contributed by atoms with E-state index >= 15 is 0 Å². The number of piperazine rings is 1. The molecule has 2 N–H and O–H groups in total. The summed E-state index contributed by atoms with van der Waals surface area (Å²) in [6, 6.07) is 0.433. The van der Waals surface area contributed by atoms with Gasteiger partial charge < -0.3 is 10.6 Å². The fraction of sp³-hybridized carbons (Fsp3) is 0.889. The summed E-state index contributed by atoms with van der Waals surface area (Å²) in [5.74, 6) is 0.112. The maximum absolute atomic E-state index is 11.5. The number of carbonyl (C=O) groups excluding carboxylic acids is 1. The third-order valence-corrected chi connectivity index (χ3v) is 2.50. The van der Waals surface area contributed by atoms with E-state index in [2.05, 4.69) is 29.4 Å². The van der Waals surface area contributed by atoms with Crippen molar-refractivity contribution >= 4 is 30.7 Å². The van der Waals surface area contributed by atoms with Gasteiger partial charge in [0.25, 0.3) is 0 Å². The fourth-order valence-electron chi connectivity index (χ4n) is 1.75. The van der Waals surface area contributed by atoms with E-state index in [-0.39, 0.29) is 36.8 Å². The maximum atomic E-state index is 11.5. The first-order valence-corrected chi connectivity index (χ1v) is 4.85. The van der Waals surface area contributed by atoms with Gasteiger partial charge in [-0.25, -0.2) is 0 Å². The number of nitrogens with zero attached hydrogens (tertiary/aromatic N) is 1. The van der Waals surface area contributed by atoms with E-state index in [4.69, 9.17) is 0 Å². The lowest BCUT2D eigenvalue weighted by Crippen LogP contribution is -2.59. The summed E-state index contributed by atoms with van der Waals surface area (Å²) >= 11 is 0. The molecular weight excluding hydrogens is 237 g/mol. The molecular formula is C9H21Cl2N3O. The van der Waals surface area contributed by atoms with Crippen LogP contribution in [0.4, 0.5) is 0 Å². The van der Waals surface area contributed by atoms with Gasteiger partial charge in [0, 0.05) is 32.7 Å². The summed E-state index contributed by atoms with van der Waals surface area (Å²) in [6.45, 7) is 6.95. The van der Waals surface area contributed by atoms with E-state index in [0.717, 1.165) is 19.6 Å². The Balaban J connectivity index is 0. The molecule has 1 aliphatic rings. The number of hydrogen-bond donors (Lipinski definition) is 2. The van der Waals surface area contributed by atoms with Crippen LogP contribution < -0.4 is 10.6 Å². The molecule has 0 radical (unpaired) electrons. The van der Waals surface area contributed by atoms with Crippen LogP contribution in [0.15, 0.2) is 0 Å². The van der Waals surface area contributed by atoms with E-state index in [1.165, 1.54) is 0 Å². The zero-order chi connectivity index (χ0) is 9.84. The Hall–Kier alpha value is -0.0300. The SMILES string of the molecule is CNC(=O)C1CNCCN1C(C)C.Cl.Cl. The first-order valence-electron chi connectivity index (χ1n) is 4.85. The Morgan fingerprint density at radius 3 is 2.53 bits per heavy atom. The topological polar surface area (TPSA) is 44.4 Å². The molecule has 1 unspecified atom stereocenters. The molecule has 0 bridgehead atoms. The molecule has 1 aliphatic heterocycles. The number of hydrogen-bond acceptors (Lipinski definition) is 3. The molecule has 0 saturated carbocycles. The Kier molecular flexibility index (Phi) is 9.45. The Morgan fingerprint density at radius 2 is 2.07 bits per heavy atom. The summed E-state index contributed by atoms with van der Waals surface area (Å²) < 4.78 is 0. The van der Waals surface area contributed by atoms with E-state index in [1.807, 2.05) is 0 Å². The highest BCUT2D eigenvalue weighted by Crippen LogP contribution is 2.07. The van der Waals surface area contributed by atoms with Crippen molar-refractivity contribution in [3.63, 3.8) is 0 Å². The van der Waals surface area contributed by atoms with Gasteiger partial charge in [0.1, 0.15) is 6.04 Å². The van der Waals surface area contributed by atoms with Crippen molar-refractivity contribution < 1.29 is 4.79 Å². The van der Waals surface area contributed by atoms with Gasteiger partial charge in [-0.3, -0.25) is 9.69 Å². The molecule has 0 aromatic rings. The van der Waals surface area contributed by atoms with Crippen molar-refractivity contribution in [1.82, 2.24) is 15.5 Å². The lowest BCUT2D eigenvalue weighted by Gasteiger charge is -2.37. The monoisotopic (exact) mass is 257 g/mol. The Labute approximate surface area is 104 Å². The van der Waals surface area contributed by atoms with Gasteiger partial charge in [0.15, 0.2) is 0 Å². The molecule has 92 valence electrons. The van der Waals surface area contributed by atoms with Gasteiger partial charge in [0.2, 0.25) is 5.91 Å². The second kappa shape index (κ2) is 8.16. The second-order valence-electron chi connectivity index (χ2n) is 3.67. The first-order chi connectivity index (χ1) is 6.16. The summed E-state index contributed by atoms with van der Waals surface area (Å²) in [5, 5.41) is 5.93. The number of carbonyl (C=O) groups is 1. The number of rotatable bonds is 2. The summed E-state index contributed by atoms with van der Waals surface area (Å²) in [7, 11) is 1.69. The van der Waals surface area contributed by atoms with E-state index in [1.54, 1.807) is 7.05 Å². The zero-order valence-electron chi connectivity index (χ0n) is 9.45. The smallest absolute Gasteiger partial charge is 0.238 e. The molecule has 1 atom stereocenters. The van der Waals surface area contributed by atoms with Crippen LogP contribution >= 0.6 is 24.8 Å². The van der Waals surface area contributed by atoms with Crippen LogP contribution in [0.5, 0.6) is 0 Å². The maximum Gasteiger partial charge on any atom is 0.238 e. The van der Waals surface area contributed by atoms with Crippen molar-refractivity contribution in [3.8, 4) is 0 Å². The van der Waals surface area contributed by atoms with Crippen LogP contribution in [0.2, 0.25) is 0 Å². The van der Waals surface area contributed by atoms with Crippen molar-refractivity contribution in [1.29, 1.82) is 0 Å². The standard InChI is InChI=1S/C9H19N3O.2ClH/c1-7(2)12-5-4-11-6-8(12)9(13)10-3;;/h7-8,11H,4-6H2,1-3H3,(H,10,13);2*1H. The minimum Gasteiger partial charge on any atom is -0.358 e. The zero-order valence-corrected chi connectivity index (χ0v) is 11.1. The average Bonchev–Trinajstić information content (AvgIpc) is 2.16. The molecule has 0 aliphatic carbocycles. The minimum atomic E-state index is -0.00116. The van der Waals surface area contributed by atoms with Crippen LogP contribution in [-0.4, -0.2) is 49.6 Å². The molecule has 0 spiro atoms. The number of amides is 1. The number of likely N-dealkylation sites (N-methyl/N-ethyl adjacent to an activating group) is 1. The second-order valence-corrected chi connectivity index (χ2v) is 3.67. The van der Waals surface area contributed by atoms with Crippen molar-refractivity contribution in [2.45, 2.75) is 25.9 Å². The lowest BCUT2D eigenvalue weighted by atomic mass is 10.1. The van der Waals surface area contributed by atoms with Crippen LogP contribution in [0.25, 0.3) is 0 Å². The molecule has 1 amide bonds. The summed E-state index contributed by atoms with van der Waals surface area (Å²) in [5.41, 5.74) is 0. The highest BCUT2D eigenvalue weighted by molar-refractivity contribution is 5.85. The van der Waals surface area contributed by atoms with Crippen molar-refractivity contribution in [2.75, 3.05) is 26.7 Å². The van der Waals surface area contributed by atoms with E-state index < -0.39 is 0 Å². The molecule has 1 saturated heterocycles. The quantitative estimate of drug-likeness (QED) is 0.746. The molecule has 15 heavy (non-hydrogen) atoms. The van der Waals surface area contributed by atoms with Gasteiger partial charge in [0.05, 0.1) is 0 Å². The minimum absolute atomic E-state index is 0. The summed E-state index contributed by atoms with van der Waals surface area (Å²) in [4.78, 5) is 13.7. The van der Waals surface area contributed by atoms with Crippen LogP contribution in [0.3, 0.4) is 0 Å². The third kappa shape index (κ3) is 4.55. The van der Waals surface area contributed by atoms with Gasteiger partial charge in [-0.15, -0.1) is 24.8 Å². The Bertz CT molecular complexity index is 190. The number of nitrogens with one attached hydrogen (secondary N) is 2. The normalized spacial score (nSPS) is 21.5. The molecule has 4 nitrogen and oxygen atoms in total. The van der Waals surface area contributed by atoms with E-state index in [0.29, 0.717) is 6.04 Å². The fourth-order valence-corrected chi connectivity index (χ4v) is 1.75. The molecule has 6 heteroatoms. The van der Waals surface area contributed by atoms with Gasteiger partial charge in [-0.05, 0) is 13.8 Å². The first kappa shape index (κ1) is 17.4. The highest BCUT2D eigenvalue weighted by Gasteiger charge is 2.29. The van der Waals surface area contributed by atoms with Gasteiger partial charge in [-0.2, -0.15) is 0 Å². The largest absolute Gasteiger partial charge is 0.358 e.